The second kappa shape index (κ2) is 14.4. The third kappa shape index (κ3) is 5.94. The highest BCUT2D eigenvalue weighted by Crippen LogP contribution is 2.49. The Balaban J connectivity index is 1.21. The maximum Gasteiger partial charge on any atom is 0.0546 e. The van der Waals surface area contributed by atoms with Gasteiger partial charge in [0.05, 0.1) is 5.69 Å². The Morgan fingerprint density at radius 3 is 1.67 bits per heavy atom. The lowest BCUT2D eigenvalue weighted by molar-refractivity contribution is 1.28. The van der Waals surface area contributed by atoms with Crippen LogP contribution >= 0.6 is 11.3 Å². The van der Waals surface area contributed by atoms with Gasteiger partial charge < -0.3 is 4.90 Å². The molecular formula is C56H37NS. The third-order valence-electron chi connectivity index (χ3n) is 11.5. The van der Waals surface area contributed by atoms with Crippen LogP contribution in [0.2, 0.25) is 0 Å². The zero-order valence-electron chi connectivity index (χ0n) is 31.7. The predicted octanol–water partition coefficient (Wildman–Crippen LogP) is 16.5. The van der Waals surface area contributed by atoms with Crippen molar-refractivity contribution in [2.45, 2.75) is 0 Å². The molecule has 2 heteroatoms. The number of hydrogen-bond acceptors (Lipinski definition) is 2. The fraction of sp³-hybridized carbons (Fsp3) is 0. The second-order valence-electron chi connectivity index (χ2n) is 14.9. The molecule has 272 valence electrons. The predicted molar refractivity (Wildman–Crippen MR) is 251 cm³/mol. The van der Waals surface area contributed by atoms with E-state index in [1.807, 2.05) is 11.3 Å². The molecule has 0 aliphatic heterocycles. The van der Waals surface area contributed by atoms with Gasteiger partial charge in [-0.1, -0.05) is 176 Å². The number of fused-ring (bicyclic) bond motifs is 6. The van der Waals surface area contributed by atoms with Gasteiger partial charge >= 0.3 is 0 Å². The van der Waals surface area contributed by atoms with Crippen molar-refractivity contribution < 1.29 is 0 Å². The topological polar surface area (TPSA) is 3.24 Å². The Morgan fingerprint density at radius 2 is 0.879 bits per heavy atom. The SMILES string of the molecule is c1ccc(-c2ccc(N(c3cccc(-c4ccccc4)c3)c3cccc(-c4cc5ccccc5c5ccccc45)c3-c3ccc4c(c3)sc3ccccc34)cc2)cc1. The summed E-state index contributed by atoms with van der Waals surface area (Å²) >= 11 is 1.87. The molecule has 0 radical (unpaired) electrons. The highest BCUT2D eigenvalue weighted by Gasteiger charge is 2.23. The molecule has 0 saturated carbocycles. The highest BCUT2D eigenvalue weighted by molar-refractivity contribution is 7.25. The van der Waals surface area contributed by atoms with Crippen molar-refractivity contribution in [3.05, 3.63) is 224 Å². The van der Waals surface area contributed by atoms with E-state index in [-0.39, 0.29) is 0 Å². The standard InChI is InChI=1S/C56H37NS/c1-3-15-38(16-4-1)40-29-32-44(33-30-40)57(45-21-13-20-41(35-45)39-17-5-2-6-18-39)53-27-14-26-51(52-36-42-19-7-8-22-46(42)47-23-9-10-24-48(47)52)56(53)43-31-34-50-49-25-11-12-28-54(49)58-55(50)37-43/h1-37H. The van der Waals surface area contributed by atoms with Gasteiger partial charge in [0.25, 0.3) is 0 Å². The smallest absolute Gasteiger partial charge is 0.0546 e. The number of thiophene rings is 1. The van der Waals surface area contributed by atoms with Gasteiger partial charge in [0, 0.05) is 37.1 Å². The molecule has 1 aromatic heterocycles. The first-order valence-corrected chi connectivity index (χ1v) is 20.7. The van der Waals surface area contributed by atoms with Crippen molar-refractivity contribution in [3.63, 3.8) is 0 Å². The van der Waals surface area contributed by atoms with E-state index in [0.717, 1.165) is 17.1 Å². The molecular weight excluding hydrogens is 719 g/mol. The van der Waals surface area contributed by atoms with Gasteiger partial charge in [-0.3, -0.25) is 0 Å². The summed E-state index contributed by atoms with van der Waals surface area (Å²) in [5.74, 6) is 0. The van der Waals surface area contributed by atoms with Crippen LogP contribution in [0.25, 0.3) is 86.2 Å². The van der Waals surface area contributed by atoms with Crippen LogP contribution in [0.3, 0.4) is 0 Å². The molecule has 0 amide bonds. The fourth-order valence-corrected chi connectivity index (χ4v) is 9.87. The molecule has 1 heterocycles. The molecule has 0 saturated heterocycles. The maximum absolute atomic E-state index is 2.46. The van der Waals surface area contributed by atoms with Crippen molar-refractivity contribution in [2.75, 3.05) is 4.90 Å². The molecule has 0 atom stereocenters. The zero-order valence-corrected chi connectivity index (χ0v) is 32.5. The molecule has 0 bridgehead atoms. The highest BCUT2D eigenvalue weighted by atomic mass is 32.1. The summed E-state index contributed by atoms with van der Waals surface area (Å²) < 4.78 is 2.59. The van der Waals surface area contributed by atoms with Gasteiger partial charge in [0.2, 0.25) is 0 Å². The number of nitrogens with zero attached hydrogens (tertiary/aromatic N) is 1. The number of hydrogen-bond donors (Lipinski definition) is 0. The Hall–Kier alpha value is -7.26. The first kappa shape index (κ1) is 34.0. The summed E-state index contributed by atoms with van der Waals surface area (Å²) in [7, 11) is 0. The van der Waals surface area contributed by atoms with Crippen molar-refractivity contribution >= 4 is 70.1 Å². The largest absolute Gasteiger partial charge is 0.310 e. The lowest BCUT2D eigenvalue weighted by Crippen LogP contribution is -2.12. The van der Waals surface area contributed by atoms with E-state index >= 15 is 0 Å². The third-order valence-corrected chi connectivity index (χ3v) is 12.6. The van der Waals surface area contributed by atoms with Crippen LogP contribution in [0.5, 0.6) is 0 Å². The van der Waals surface area contributed by atoms with Crippen LogP contribution in [-0.2, 0) is 0 Å². The molecule has 1 nitrogen and oxygen atoms in total. The number of anilines is 3. The van der Waals surface area contributed by atoms with Crippen molar-refractivity contribution in [3.8, 4) is 44.5 Å². The minimum atomic E-state index is 1.09. The molecule has 0 spiro atoms. The van der Waals surface area contributed by atoms with Crippen LogP contribution in [0.15, 0.2) is 224 Å². The summed E-state index contributed by atoms with van der Waals surface area (Å²) in [6.07, 6.45) is 0. The Kier molecular flexibility index (Phi) is 8.42. The summed E-state index contributed by atoms with van der Waals surface area (Å²) in [6, 6.07) is 82.1. The average Bonchev–Trinajstić information content (AvgIpc) is 3.68. The maximum atomic E-state index is 2.46. The number of benzene rings is 10. The van der Waals surface area contributed by atoms with E-state index < -0.39 is 0 Å². The van der Waals surface area contributed by atoms with E-state index in [1.165, 1.54) is 86.2 Å². The zero-order chi connectivity index (χ0) is 38.4. The van der Waals surface area contributed by atoms with E-state index in [0.29, 0.717) is 0 Å². The van der Waals surface area contributed by atoms with Gasteiger partial charge in [0.1, 0.15) is 0 Å². The number of rotatable bonds is 7. The molecule has 11 aromatic rings. The Bertz CT molecular complexity index is 3270. The lowest BCUT2D eigenvalue weighted by atomic mass is 9.87. The molecule has 11 rings (SSSR count). The van der Waals surface area contributed by atoms with E-state index in [1.54, 1.807) is 0 Å². The van der Waals surface area contributed by atoms with Gasteiger partial charge in [-0.2, -0.15) is 0 Å². The first-order valence-electron chi connectivity index (χ1n) is 19.8. The molecule has 0 fully saturated rings. The second-order valence-corrected chi connectivity index (χ2v) is 15.9. The molecule has 10 aromatic carbocycles. The first-order chi connectivity index (χ1) is 28.8. The minimum absolute atomic E-state index is 1.09. The van der Waals surface area contributed by atoms with Crippen LogP contribution < -0.4 is 4.90 Å². The Labute approximate surface area is 342 Å². The quantitative estimate of drug-likeness (QED) is 0.146. The van der Waals surface area contributed by atoms with E-state index in [2.05, 4.69) is 229 Å². The normalized spacial score (nSPS) is 11.4. The fourth-order valence-electron chi connectivity index (χ4n) is 8.73. The van der Waals surface area contributed by atoms with Gasteiger partial charge in [-0.25, -0.2) is 0 Å². The van der Waals surface area contributed by atoms with Crippen molar-refractivity contribution in [2.24, 2.45) is 0 Å². The summed E-state index contributed by atoms with van der Waals surface area (Å²) in [4.78, 5) is 2.46. The van der Waals surface area contributed by atoms with E-state index in [9.17, 15) is 0 Å². The molecule has 0 aliphatic rings. The van der Waals surface area contributed by atoms with Crippen LogP contribution in [0.1, 0.15) is 0 Å². The van der Waals surface area contributed by atoms with Gasteiger partial charge in [-0.05, 0) is 109 Å². The van der Waals surface area contributed by atoms with E-state index in [4.69, 9.17) is 0 Å². The monoisotopic (exact) mass is 755 g/mol. The van der Waals surface area contributed by atoms with Crippen molar-refractivity contribution in [1.82, 2.24) is 0 Å². The minimum Gasteiger partial charge on any atom is -0.310 e. The summed E-state index contributed by atoms with van der Waals surface area (Å²) in [5, 5.41) is 7.60. The molecule has 58 heavy (non-hydrogen) atoms. The summed E-state index contributed by atoms with van der Waals surface area (Å²) in [6.45, 7) is 0. The Morgan fingerprint density at radius 1 is 0.293 bits per heavy atom. The summed E-state index contributed by atoms with van der Waals surface area (Å²) in [5.41, 5.74) is 12.9. The van der Waals surface area contributed by atoms with Gasteiger partial charge in [-0.15, -0.1) is 11.3 Å². The van der Waals surface area contributed by atoms with Crippen molar-refractivity contribution in [1.29, 1.82) is 0 Å². The average molecular weight is 756 g/mol. The molecule has 0 aliphatic carbocycles. The van der Waals surface area contributed by atoms with Crippen LogP contribution in [0, 0.1) is 0 Å². The van der Waals surface area contributed by atoms with Crippen LogP contribution in [-0.4, -0.2) is 0 Å². The van der Waals surface area contributed by atoms with Crippen LogP contribution in [0.4, 0.5) is 17.1 Å². The molecule has 0 unspecified atom stereocenters. The van der Waals surface area contributed by atoms with Gasteiger partial charge in [0.15, 0.2) is 0 Å². The lowest BCUT2D eigenvalue weighted by Gasteiger charge is -2.30. The molecule has 0 N–H and O–H groups in total.